The lowest BCUT2D eigenvalue weighted by Crippen LogP contribution is -2.14. The first-order chi connectivity index (χ1) is 8.74. The third kappa shape index (κ3) is 3.91. The van der Waals surface area contributed by atoms with Crippen molar-refractivity contribution in [2.45, 2.75) is 13.2 Å². The molecule has 1 N–H and O–H groups in total. The first-order valence-corrected chi connectivity index (χ1v) is 5.57. The monoisotopic (exact) mass is 249 g/mol. The Bertz CT molecular complexity index is 482. The van der Waals surface area contributed by atoms with E-state index < -0.39 is 11.6 Å². The van der Waals surface area contributed by atoms with Gasteiger partial charge in [0.1, 0.15) is 11.6 Å². The maximum atomic E-state index is 12.9. The maximum Gasteiger partial charge on any atom is 0.126 e. The molecule has 0 aliphatic heterocycles. The fourth-order valence-electron chi connectivity index (χ4n) is 1.56. The summed E-state index contributed by atoms with van der Waals surface area (Å²) in [5.74, 6) is -1.18. The van der Waals surface area contributed by atoms with Crippen LogP contribution in [0.25, 0.3) is 0 Å². The third-order valence-electron chi connectivity index (χ3n) is 2.38. The number of halogens is 2. The lowest BCUT2D eigenvalue weighted by Gasteiger charge is -2.06. The molecule has 2 nitrogen and oxygen atoms in total. The van der Waals surface area contributed by atoms with Crippen LogP contribution < -0.4 is 5.48 Å². The van der Waals surface area contributed by atoms with E-state index >= 15 is 0 Å². The molecule has 0 heterocycles. The number of hydroxylamine groups is 1. The molecule has 0 radical (unpaired) electrons. The molecule has 0 fully saturated rings. The van der Waals surface area contributed by atoms with E-state index in [4.69, 9.17) is 4.84 Å². The number of benzene rings is 2. The molecular formula is C14H13F2NO. The van der Waals surface area contributed by atoms with Gasteiger partial charge in [-0.15, -0.1) is 0 Å². The van der Waals surface area contributed by atoms with E-state index in [1.165, 1.54) is 12.1 Å². The summed E-state index contributed by atoms with van der Waals surface area (Å²) in [6.07, 6.45) is 0. The van der Waals surface area contributed by atoms with Crippen molar-refractivity contribution < 1.29 is 13.6 Å². The lowest BCUT2D eigenvalue weighted by molar-refractivity contribution is 0.0234. The van der Waals surface area contributed by atoms with E-state index in [0.29, 0.717) is 12.2 Å². The summed E-state index contributed by atoms with van der Waals surface area (Å²) in [5, 5.41) is 0. The van der Waals surface area contributed by atoms with E-state index in [0.717, 1.165) is 11.6 Å². The van der Waals surface area contributed by atoms with Gasteiger partial charge in [0.05, 0.1) is 6.61 Å². The SMILES string of the molecule is Fc1cc(F)cc(CNOCc2ccccc2)c1. The van der Waals surface area contributed by atoms with Crippen molar-refractivity contribution in [3.8, 4) is 0 Å². The molecule has 0 atom stereocenters. The standard InChI is InChI=1S/C14H13F2NO/c15-13-6-12(7-14(16)8-13)9-17-18-10-11-4-2-1-3-5-11/h1-8,17H,9-10H2. The molecule has 0 saturated carbocycles. The summed E-state index contributed by atoms with van der Waals surface area (Å²) in [7, 11) is 0. The van der Waals surface area contributed by atoms with Crippen LogP contribution in [0.3, 0.4) is 0 Å². The average molecular weight is 249 g/mol. The van der Waals surface area contributed by atoms with E-state index in [2.05, 4.69) is 5.48 Å². The summed E-state index contributed by atoms with van der Waals surface area (Å²) < 4.78 is 25.8. The Balaban J connectivity index is 1.78. The van der Waals surface area contributed by atoms with E-state index in [1.807, 2.05) is 30.3 Å². The second-order valence-electron chi connectivity index (χ2n) is 3.87. The zero-order valence-electron chi connectivity index (χ0n) is 9.70. The molecule has 0 aliphatic carbocycles. The summed E-state index contributed by atoms with van der Waals surface area (Å²) in [5.41, 5.74) is 4.20. The quantitative estimate of drug-likeness (QED) is 0.649. The van der Waals surface area contributed by atoms with Crippen molar-refractivity contribution in [1.82, 2.24) is 5.48 Å². The van der Waals surface area contributed by atoms with Crippen LogP contribution in [0.4, 0.5) is 8.78 Å². The van der Waals surface area contributed by atoms with Crippen LogP contribution in [0.1, 0.15) is 11.1 Å². The third-order valence-corrected chi connectivity index (χ3v) is 2.38. The van der Waals surface area contributed by atoms with Gasteiger partial charge in [0, 0.05) is 12.6 Å². The second kappa shape index (κ2) is 6.23. The average Bonchev–Trinajstić information content (AvgIpc) is 2.35. The summed E-state index contributed by atoms with van der Waals surface area (Å²) in [4.78, 5) is 5.21. The normalized spacial score (nSPS) is 10.6. The zero-order valence-corrected chi connectivity index (χ0v) is 9.70. The minimum Gasteiger partial charge on any atom is -0.297 e. The molecule has 0 aliphatic rings. The minimum atomic E-state index is -0.588. The largest absolute Gasteiger partial charge is 0.297 e. The zero-order chi connectivity index (χ0) is 12.8. The van der Waals surface area contributed by atoms with Gasteiger partial charge in [-0.3, -0.25) is 4.84 Å². The molecule has 0 bridgehead atoms. The molecule has 0 saturated heterocycles. The number of nitrogens with one attached hydrogen (secondary N) is 1. The summed E-state index contributed by atoms with van der Waals surface area (Å²) in [6.45, 7) is 0.653. The Kier molecular flexibility index (Phi) is 4.39. The van der Waals surface area contributed by atoms with Crippen LogP contribution in [0.2, 0.25) is 0 Å². The highest BCUT2D eigenvalue weighted by atomic mass is 19.1. The Morgan fingerprint density at radius 3 is 2.22 bits per heavy atom. The number of rotatable bonds is 5. The molecule has 2 rings (SSSR count). The highest BCUT2D eigenvalue weighted by molar-refractivity contribution is 5.17. The molecule has 18 heavy (non-hydrogen) atoms. The Labute approximate surface area is 104 Å². The Hall–Kier alpha value is -1.78. The molecule has 0 amide bonds. The van der Waals surface area contributed by atoms with Crippen molar-refractivity contribution in [1.29, 1.82) is 0 Å². The molecule has 2 aromatic carbocycles. The van der Waals surface area contributed by atoms with Crippen LogP contribution in [-0.2, 0) is 18.0 Å². The van der Waals surface area contributed by atoms with Gasteiger partial charge in [-0.05, 0) is 23.3 Å². The van der Waals surface area contributed by atoms with Crippen LogP contribution in [0, 0.1) is 11.6 Å². The van der Waals surface area contributed by atoms with Gasteiger partial charge in [0.2, 0.25) is 0 Å². The molecule has 0 aromatic heterocycles. The summed E-state index contributed by atoms with van der Waals surface area (Å²) >= 11 is 0. The van der Waals surface area contributed by atoms with Crippen molar-refractivity contribution in [2.75, 3.05) is 0 Å². The number of hydrogen-bond donors (Lipinski definition) is 1. The summed E-state index contributed by atoms with van der Waals surface area (Å²) in [6, 6.07) is 13.0. The van der Waals surface area contributed by atoms with Gasteiger partial charge in [0.25, 0.3) is 0 Å². The van der Waals surface area contributed by atoms with Crippen LogP contribution >= 0.6 is 0 Å². The highest BCUT2D eigenvalue weighted by Gasteiger charge is 2.00. The van der Waals surface area contributed by atoms with E-state index in [-0.39, 0.29) is 6.54 Å². The number of hydrogen-bond acceptors (Lipinski definition) is 2. The second-order valence-corrected chi connectivity index (χ2v) is 3.87. The van der Waals surface area contributed by atoms with Crippen molar-refractivity contribution >= 4 is 0 Å². The molecule has 0 unspecified atom stereocenters. The lowest BCUT2D eigenvalue weighted by atomic mass is 10.2. The van der Waals surface area contributed by atoms with Crippen LogP contribution in [-0.4, -0.2) is 0 Å². The molecule has 0 spiro atoms. The first-order valence-electron chi connectivity index (χ1n) is 5.57. The Morgan fingerprint density at radius 2 is 1.56 bits per heavy atom. The molecule has 2 aromatic rings. The fraction of sp³-hybridized carbons (Fsp3) is 0.143. The molecule has 94 valence electrons. The fourth-order valence-corrected chi connectivity index (χ4v) is 1.56. The van der Waals surface area contributed by atoms with Crippen molar-refractivity contribution in [3.63, 3.8) is 0 Å². The first kappa shape index (κ1) is 12.7. The minimum absolute atomic E-state index is 0.252. The van der Waals surface area contributed by atoms with E-state index in [9.17, 15) is 8.78 Å². The van der Waals surface area contributed by atoms with Crippen molar-refractivity contribution in [2.24, 2.45) is 0 Å². The van der Waals surface area contributed by atoms with Gasteiger partial charge in [-0.1, -0.05) is 30.3 Å². The Morgan fingerprint density at radius 1 is 0.889 bits per heavy atom. The topological polar surface area (TPSA) is 21.3 Å². The predicted molar refractivity (Wildman–Crippen MR) is 64.4 cm³/mol. The predicted octanol–water partition coefficient (Wildman–Crippen LogP) is 3.19. The highest BCUT2D eigenvalue weighted by Crippen LogP contribution is 2.07. The maximum absolute atomic E-state index is 12.9. The van der Waals surface area contributed by atoms with Crippen molar-refractivity contribution in [3.05, 3.63) is 71.3 Å². The smallest absolute Gasteiger partial charge is 0.126 e. The van der Waals surface area contributed by atoms with Gasteiger partial charge in [-0.25, -0.2) is 8.78 Å². The van der Waals surface area contributed by atoms with Gasteiger partial charge < -0.3 is 0 Å². The molecule has 4 heteroatoms. The van der Waals surface area contributed by atoms with Gasteiger partial charge in [-0.2, -0.15) is 5.48 Å². The van der Waals surface area contributed by atoms with Gasteiger partial charge >= 0.3 is 0 Å². The van der Waals surface area contributed by atoms with E-state index in [1.54, 1.807) is 0 Å². The molecular weight excluding hydrogens is 236 g/mol. The van der Waals surface area contributed by atoms with Crippen LogP contribution in [0.15, 0.2) is 48.5 Å². The van der Waals surface area contributed by atoms with Crippen LogP contribution in [0.5, 0.6) is 0 Å². The van der Waals surface area contributed by atoms with Gasteiger partial charge in [0.15, 0.2) is 0 Å².